The molecule has 0 saturated carbocycles. The third-order valence-electron chi connectivity index (χ3n) is 4.68. The molecule has 0 aromatic rings. The van der Waals surface area contributed by atoms with Crippen molar-refractivity contribution in [2.24, 2.45) is 5.92 Å². The van der Waals surface area contributed by atoms with Crippen LogP contribution in [0.15, 0.2) is 0 Å². The summed E-state index contributed by atoms with van der Waals surface area (Å²) in [5.41, 5.74) is -2.43. The van der Waals surface area contributed by atoms with Crippen molar-refractivity contribution in [3.8, 4) is 0 Å². The molecule has 0 spiro atoms. The predicted octanol–water partition coefficient (Wildman–Crippen LogP) is 1.25. The van der Waals surface area contributed by atoms with Crippen LogP contribution in [0.5, 0.6) is 0 Å². The van der Waals surface area contributed by atoms with Crippen LogP contribution >= 0.6 is 0 Å². The van der Waals surface area contributed by atoms with E-state index in [0.29, 0.717) is 25.7 Å². The molecule has 1 aliphatic heterocycles. The van der Waals surface area contributed by atoms with Gasteiger partial charge >= 0.3 is 0 Å². The van der Waals surface area contributed by atoms with Crippen LogP contribution in [0.2, 0.25) is 0 Å². The minimum atomic E-state index is -1.07. The lowest BCUT2D eigenvalue weighted by Crippen LogP contribution is -2.63. The van der Waals surface area contributed by atoms with Crippen LogP contribution in [0.3, 0.4) is 0 Å². The zero-order chi connectivity index (χ0) is 14.2. The third-order valence-corrected chi connectivity index (χ3v) is 4.68. The van der Waals surface area contributed by atoms with Gasteiger partial charge < -0.3 is 19.7 Å². The van der Waals surface area contributed by atoms with Crippen molar-refractivity contribution in [3.63, 3.8) is 0 Å². The second-order valence-corrected chi connectivity index (χ2v) is 6.09. The smallest absolute Gasteiger partial charge is 0.0947 e. The fourth-order valence-corrected chi connectivity index (χ4v) is 3.20. The van der Waals surface area contributed by atoms with Crippen molar-refractivity contribution in [2.45, 2.75) is 77.1 Å². The van der Waals surface area contributed by atoms with Crippen LogP contribution in [0, 0.1) is 5.92 Å². The molecule has 0 aromatic carbocycles. The Labute approximate surface area is 109 Å². The van der Waals surface area contributed by atoms with E-state index in [4.69, 9.17) is 4.74 Å². The molecule has 0 amide bonds. The molecular formula is C14H25O4-. The Bertz CT molecular complexity index is 320. The number of hydrogen-bond acceptors (Lipinski definition) is 4. The fraction of sp³-hybridized carbons (Fsp3) is 0.929. The van der Waals surface area contributed by atoms with Crippen LogP contribution in [0.4, 0.5) is 0 Å². The molecule has 1 heterocycles. The molecule has 106 valence electrons. The van der Waals surface area contributed by atoms with E-state index in [2.05, 4.69) is 0 Å². The predicted molar refractivity (Wildman–Crippen MR) is 66.8 cm³/mol. The summed E-state index contributed by atoms with van der Waals surface area (Å²) in [7, 11) is 0. The van der Waals surface area contributed by atoms with Gasteiger partial charge in [-0.05, 0) is 46.5 Å². The number of ether oxygens (including phenoxy) is 1. The van der Waals surface area contributed by atoms with Crippen molar-refractivity contribution in [1.82, 2.24) is 0 Å². The molecule has 18 heavy (non-hydrogen) atoms. The number of carbonyl (C=O) groups excluding carboxylic acids is 1. The van der Waals surface area contributed by atoms with Crippen molar-refractivity contribution < 1.29 is 19.7 Å². The number of hydrogen-bond donors (Lipinski definition) is 1. The topological polar surface area (TPSA) is 69.6 Å². The van der Waals surface area contributed by atoms with Gasteiger partial charge in [0.25, 0.3) is 0 Å². The summed E-state index contributed by atoms with van der Waals surface area (Å²) in [6, 6.07) is 0. The molecule has 0 aromatic heterocycles. The first kappa shape index (κ1) is 15.4. The molecular weight excluding hydrogens is 232 g/mol. The first-order valence-corrected chi connectivity index (χ1v) is 6.75. The maximum atomic E-state index is 11.1. The van der Waals surface area contributed by atoms with Crippen LogP contribution in [0.25, 0.3) is 0 Å². The molecule has 4 nitrogen and oxygen atoms in total. The summed E-state index contributed by atoms with van der Waals surface area (Å²) >= 11 is 0. The van der Waals surface area contributed by atoms with Gasteiger partial charge in [0, 0.05) is 11.9 Å². The highest BCUT2D eigenvalue weighted by molar-refractivity contribution is 5.69. The van der Waals surface area contributed by atoms with E-state index < -0.39 is 28.7 Å². The highest BCUT2D eigenvalue weighted by Crippen LogP contribution is 2.46. The zero-order valence-corrected chi connectivity index (χ0v) is 12.1. The van der Waals surface area contributed by atoms with Crippen molar-refractivity contribution in [1.29, 1.82) is 0 Å². The Kier molecular flexibility index (Phi) is 4.13. The molecule has 2 atom stereocenters. The van der Waals surface area contributed by atoms with Gasteiger partial charge in [-0.3, -0.25) is 0 Å². The molecule has 0 unspecified atom stereocenters. The van der Waals surface area contributed by atoms with E-state index >= 15 is 0 Å². The maximum Gasteiger partial charge on any atom is 0.0947 e. The average molecular weight is 257 g/mol. The van der Waals surface area contributed by atoms with E-state index in [1.807, 2.05) is 20.8 Å². The van der Waals surface area contributed by atoms with Gasteiger partial charge in [0.15, 0.2) is 0 Å². The van der Waals surface area contributed by atoms with Gasteiger partial charge in [-0.25, -0.2) is 0 Å². The van der Waals surface area contributed by atoms with E-state index in [1.54, 1.807) is 13.8 Å². The number of carbonyl (C=O) groups is 1. The third kappa shape index (κ3) is 2.41. The summed E-state index contributed by atoms with van der Waals surface area (Å²) in [5, 5.41) is 21.8. The number of aliphatic carboxylic acids is 1. The number of carboxylic acids is 1. The molecule has 0 radical (unpaired) electrons. The van der Waals surface area contributed by atoms with Gasteiger partial charge in [0.2, 0.25) is 0 Å². The fourth-order valence-electron chi connectivity index (χ4n) is 3.20. The monoisotopic (exact) mass is 257 g/mol. The Hall–Kier alpha value is -0.610. The van der Waals surface area contributed by atoms with Gasteiger partial charge in [-0.15, -0.1) is 0 Å². The summed E-state index contributed by atoms with van der Waals surface area (Å²) in [5.74, 6) is -1.69. The van der Waals surface area contributed by atoms with Crippen molar-refractivity contribution in [3.05, 3.63) is 0 Å². The lowest BCUT2D eigenvalue weighted by atomic mass is 9.70. The van der Waals surface area contributed by atoms with Crippen molar-refractivity contribution >= 4 is 5.97 Å². The van der Waals surface area contributed by atoms with Crippen molar-refractivity contribution in [2.75, 3.05) is 0 Å². The number of carboxylic acid groups (broad SMARTS) is 1. The van der Waals surface area contributed by atoms with Gasteiger partial charge in [0.1, 0.15) is 0 Å². The number of rotatable bonds is 4. The van der Waals surface area contributed by atoms with Crippen LogP contribution in [0.1, 0.15) is 60.3 Å². The molecule has 1 saturated heterocycles. The average Bonchev–Trinajstić information content (AvgIpc) is 2.25. The van der Waals surface area contributed by atoms with Gasteiger partial charge in [0.05, 0.1) is 16.8 Å². The SMILES string of the molecule is CCC(O)(CC)[C@]1(C)CC[C@@H](C(=O)[O-])C(C)(C)O1. The van der Waals surface area contributed by atoms with Crippen LogP contribution in [-0.2, 0) is 9.53 Å². The molecule has 1 fully saturated rings. The summed E-state index contributed by atoms with van der Waals surface area (Å²) in [4.78, 5) is 11.1. The Morgan fingerprint density at radius 3 is 2.22 bits per heavy atom. The highest BCUT2D eigenvalue weighted by atomic mass is 16.5. The lowest BCUT2D eigenvalue weighted by Gasteiger charge is -2.54. The molecule has 1 rings (SSSR count). The summed E-state index contributed by atoms with van der Waals surface area (Å²) < 4.78 is 6.01. The Balaban J connectivity index is 3.01. The highest BCUT2D eigenvalue weighted by Gasteiger charge is 2.53. The standard InChI is InChI=1S/C14H26O4/c1-6-14(17,7-2)13(5)9-8-10(11(15)16)12(3,4)18-13/h10,17H,6-9H2,1-5H3,(H,15,16)/p-1/t10-,13-/m0/s1. The molecule has 1 aliphatic rings. The second-order valence-electron chi connectivity index (χ2n) is 6.09. The zero-order valence-electron chi connectivity index (χ0n) is 12.1. The molecule has 0 aliphatic carbocycles. The minimum Gasteiger partial charge on any atom is -0.550 e. The second kappa shape index (κ2) is 4.82. The summed E-state index contributed by atoms with van der Waals surface area (Å²) in [6.07, 6.45) is 2.19. The number of aliphatic hydroxyl groups is 1. The lowest BCUT2D eigenvalue weighted by molar-refractivity contribution is -0.331. The van der Waals surface area contributed by atoms with E-state index in [0.717, 1.165) is 0 Å². The summed E-state index contributed by atoms with van der Waals surface area (Å²) in [6.45, 7) is 9.26. The maximum absolute atomic E-state index is 11.1. The van der Waals surface area contributed by atoms with Crippen LogP contribution in [-0.4, -0.2) is 27.9 Å². The Morgan fingerprint density at radius 1 is 1.39 bits per heavy atom. The van der Waals surface area contributed by atoms with Crippen LogP contribution < -0.4 is 5.11 Å². The van der Waals surface area contributed by atoms with Gasteiger partial charge in [-0.2, -0.15) is 0 Å². The molecule has 4 heteroatoms. The van der Waals surface area contributed by atoms with E-state index in [9.17, 15) is 15.0 Å². The molecule has 0 bridgehead atoms. The molecule has 1 N–H and O–H groups in total. The first-order chi connectivity index (χ1) is 8.12. The quantitative estimate of drug-likeness (QED) is 0.823. The van der Waals surface area contributed by atoms with Gasteiger partial charge in [-0.1, -0.05) is 13.8 Å². The largest absolute Gasteiger partial charge is 0.550 e. The Morgan fingerprint density at radius 2 is 1.89 bits per heavy atom. The first-order valence-electron chi connectivity index (χ1n) is 6.75. The van der Waals surface area contributed by atoms with E-state index in [1.165, 1.54) is 0 Å². The minimum absolute atomic E-state index is 0.480. The normalized spacial score (nSPS) is 32.2. The van der Waals surface area contributed by atoms with E-state index in [-0.39, 0.29) is 0 Å².